The highest BCUT2D eigenvalue weighted by Crippen LogP contribution is 2.39. The van der Waals surface area contributed by atoms with Crippen LogP contribution in [0, 0.1) is 0 Å². The molecule has 1 fully saturated rings. The summed E-state index contributed by atoms with van der Waals surface area (Å²) in [5.41, 5.74) is -0.854. The van der Waals surface area contributed by atoms with Crippen molar-refractivity contribution < 1.29 is 41.0 Å². The number of alkyl halides is 5. The van der Waals surface area contributed by atoms with Crippen molar-refractivity contribution >= 4 is 34.5 Å². The Labute approximate surface area is 203 Å². The summed E-state index contributed by atoms with van der Waals surface area (Å²) in [5, 5.41) is 0. The van der Waals surface area contributed by atoms with Gasteiger partial charge in [-0.3, -0.25) is 14.7 Å². The Hall–Kier alpha value is -4.82. The van der Waals surface area contributed by atoms with Crippen molar-refractivity contribution in [2.45, 2.75) is 12.8 Å². The standard InChI is InChI=1S/C22H13F5N6O4/c23-20(24)37-16-6-12(1-2-14(16)36-15-3-4-29-19-18(15)30-10-31-19)33-17(34)9-32(21(33)35)13-5-11(7-28-8-13)22(25,26)27/h1-8,10,20H,9H2,(H,29,30,31). The molecule has 1 aromatic carbocycles. The minimum absolute atomic E-state index is 0.162. The average molecular weight is 520 g/mol. The van der Waals surface area contributed by atoms with Crippen LogP contribution in [0.1, 0.15) is 5.56 Å². The van der Waals surface area contributed by atoms with Gasteiger partial charge in [-0.2, -0.15) is 22.0 Å². The number of imidazole rings is 1. The quantitative estimate of drug-likeness (QED) is 0.289. The number of nitrogens with zero attached hydrogens (tertiary/aromatic N) is 5. The van der Waals surface area contributed by atoms with Gasteiger partial charge in [0.15, 0.2) is 22.9 Å². The van der Waals surface area contributed by atoms with Crippen LogP contribution < -0.4 is 19.3 Å². The number of imide groups is 1. The fourth-order valence-corrected chi connectivity index (χ4v) is 3.62. The Balaban J connectivity index is 1.47. The van der Waals surface area contributed by atoms with Crippen LogP contribution in [0.5, 0.6) is 17.2 Å². The number of pyridine rings is 2. The molecule has 0 unspecified atom stereocenters. The molecule has 1 aliphatic rings. The van der Waals surface area contributed by atoms with Gasteiger partial charge in [0.2, 0.25) is 0 Å². The summed E-state index contributed by atoms with van der Waals surface area (Å²) in [4.78, 5) is 41.4. The molecule has 0 radical (unpaired) electrons. The van der Waals surface area contributed by atoms with Gasteiger partial charge in [-0.15, -0.1) is 0 Å². The average Bonchev–Trinajstić information content (AvgIpc) is 3.44. The molecular formula is C22H13F5N6O4. The predicted octanol–water partition coefficient (Wildman–Crippen LogP) is 4.74. The molecule has 5 rings (SSSR count). The molecule has 37 heavy (non-hydrogen) atoms. The number of benzene rings is 1. The van der Waals surface area contributed by atoms with Gasteiger partial charge < -0.3 is 14.5 Å². The van der Waals surface area contributed by atoms with Crippen molar-refractivity contribution in [2.75, 3.05) is 16.3 Å². The topological polar surface area (TPSA) is 114 Å². The highest BCUT2D eigenvalue weighted by atomic mass is 19.4. The molecular weight excluding hydrogens is 507 g/mol. The number of amides is 3. The molecule has 0 bridgehead atoms. The van der Waals surface area contributed by atoms with Gasteiger partial charge in [-0.05, 0) is 18.2 Å². The number of hydrogen-bond acceptors (Lipinski definition) is 7. The molecule has 3 aromatic heterocycles. The Kier molecular flexibility index (Phi) is 5.81. The number of urea groups is 1. The third-order valence-electron chi connectivity index (χ3n) is 5.23. The first-order chi connectivity index (χ1) is 17.6. The first-order valence-corrected chi connectivity index (χ1v) is 10.3. The normalized spacial score (nSPS) is 14.2. The van der Waals surface area contributed by atoms with Crippen molar-refractivity contribution in [3.63, 3.8) is 0 Å². The van der Waals surface area contributed by atoms with Gasteiger partial charge in [0.1, 0.15) is 12.1 Å². The summed E-state index contributed by atoms with van der Waals surface area (Å²) in [6.45, 7) is -3.88. The summed E-state index contributed by atoms with van der Waals surface area (Å²) in [7, 11) is 0. The molecule has 4 heterocycles. The molecule has 0 spiro atoms. The maximum Gasteiger partial charge on any atom is 0.417 e. The van der Waals surface area contributed by atoms with Gasteiger partial charge in [0.05, 0.1) is 29.5 Å². The fraction of sp³-hybridized carbons (Fsp3) is 0.136. The maximum absolute atomic E-state index is 13.2. The number of aromatic nitrogens is 4. The second-order valence-corrected chi connectivity index (χ2v) is 7.55. The molecule has 15 heteroatoms. The predicted molar refractivity (Wildman–Crippen MR) is 117 cm³/mol. The molecule has 0 aliphatic carbocycles. The molecule has 0 atom stereocenters. The van der Waals surface area contributed by atoms with Crippen LogP contribution >= 0.6 is 0 Å². The summed E-state index contributed by atoms with van der Waals surface area (Å²) >= 11 is 0. The van der Waals surface area contributed by atoms with Crippen LogP contribution in [0.2, 0.25) is 0 Å². The fourth-order valence-electron chi connectivity index (χ4n) is 3.62. The zero-order valence-corrected chi connectivity index (χ0v) is 18.2. The van der Waals surface area contributed by atoms with E-state index in [9.17, 15) is 31.5 Å². The van der Waals surface area contributed by atoms with Crippen LogP contribution in [0.15, 0.2) is 55.2 Å². The van der Waals surface area contributed by atoms with Crippen molar-refractivity contribution in [2.24, 2.45) is 0 Å². The Morgan fingerprint density at radius 3 is 2.54 bits per heavy atom. The highest BCUT2D eigenvalue weighted by molar-refractivity contribution is 6.27. The van der Waals surface area contributed by atoms with E-state index in [-0.39, 0.29) is 22.9 Å². The molecule has 0 saturated carbocycles. The largest absolute Gasteiger partial charge is 0.451 e. The lowest BCUT2D eigenvalue weighted by molar-refractivity contribution is -0.137. The minimum atomic E-state index is -4.72. The first kappa shape index (κ1) is 23.9. The second-order valence-electron chi connectivity index (χ2n) is 7.55. The van der Waals surface area contributed by atoms with E-state index in [1.807, 2.05) is 0 Å². The van der Waals surface area contributed by atoms with Crippen LogP contribution in [0.25, 0.3) is 11.2 Å². The highest BCUT2D eigenvalue weighted by Gasteiger charge is 2.40. The van der Waals surface area contributed by atoms with E-state index in [1.54, 1.807) is 0 Å². The summed E-state index contributed by atoms with van der Waals surface area (Å²) in [6.07, 6.45) is -0.382. The third kappa shape index (κ3) is 4.57. The SMILES string of the molecule is O=C1CN(c2cncc(C(F)(F)F)c2)C(=O)N1c1ccc(Oc2ccnc3[nH]cnc23)c(OC(F)F)c1. The third-order valence-corrected chi connectivity index (χ3v) is 5.23. The number of fused-ring (bicyclic) bond motifs is 1. The number of carbonyl (C=O) groups excluding carboxylic acids is 2. The molecule has 190 valence electrons. The number of anilines is 2. The van der Waals surface area contributed by atoms with Gasteiger partial charge in [-0.1, -0.05) is 0 Å². The smallest absolute Gasteiger partial charge is 0.417 e. The van der Waals surface area contributed by atoms with E-state index in [2.05, 4.69) is 24.7 Å². The monoisotopic (exact) mass is 520 g/mol. The summed E-state index contributed by atoms with van der Waals surface area (Å²) in [6, 6.07) is 4.52. The lowest BCUT2D eigenvalue weighted by Gasteiger charge is -2.19. The zero-order valence-electron chi connectivity index (χ0n) is 18.2. The number of halogens is 5. The maximum atomic E-state index is 13.2. The van der Waals surface area contributed by atoms with E-state index in [0.29, 0.717) is 28.3 Å². The van der Waals surface area contributed by atoms with Crippen LogP contribution in [-0.2, 0) is 11.0 Å². The van der Waals surface area contributed by atoms with E-state index in [1.165, 1.54) is 30.7 Å². The summed E-state index contributed by atoms with van der Waals surface area (Å²) < 4.78 is 75.8. The number of aromatic amines is 1. The number of ether oxygens (including phenoxy) is 2. The van der Waals surface area contributed by atoms with Crippen molar-refractivity contribution in [3.05, 3.63) is 60.8 Å². The van der Waals surface area contributed by atoms with Crippen LogP contribution in [0.4, 0.5) is 38.1 Å². The minimum Gasteiger partial charge on any atom is -0.451 e. The van der Waals surface area contributed by atoms with Gasteiger partial charge in [0, 0.05) is 24.5 Å². The molecule has 10 nitrogen and oxygen atoms in total. The molecule has 3 amide bonds. The summed E-state index contributed by atoms with van der Waals surface area (Å²) in [5.74, 6) is -1.34. The number of H-pyrrole nitrogens is 1. The van der Waals surface area contributed by atoms with Crippen molar-refractivity contribution in [1.82, 2.24) is 19.9 Å². The molecule has 1 saturated heterocycles. The second kappa shape index (κ2) is 9.00. The van der Waals surface area contributed by atoms with Crippen molar-refractivity contribution in [3.8, 4) is 17.2 Å². The number of nitrogens with one attached hydrogen (secondary N) is 1. The Morgan fingerprint density at radius 1 is 0.973 bits per heavy atom. The molecule has 1 N–H and O–H groups in total. The van der Waals surface area contributed by atoms with E-state index in [4.69, 9.17) is 4.74 Å². The zero-order chi connectivity index (χ0) is 26.3. The van der Waals surface area contributed by atoms with Crippen LogP contribution in [-0.4, -0.2) is 45.0 Å². The molecule has 1 aliphatic heterocycles. The Morgan fingerprint density at radius 2 is 1.78 bits per heavy atom. The number of carbonyl (C=O) groups is 2. The molecule has 4 aromatic rings. The van der Waals surface area contributed by atoms with Gasteiger partial charge >= 0.3 is 18.8 Å². The van der Waals surface area contributed by atoms with Gasteiger partial charge in [-0.25, -0.2) is 19.7 Å². The lowest BCUT2D eigenvalue weighted by atomic mass is 10.2. The Bertz CT molecular complexity index is 1510. The number of rotatable bonds is 6. The van der Waals surface area contributed by atoms with Crippen molar-refractivity contribution in [1.29, 1.82) is 0 Å². The first-order valence-electron chi connectivity index (χ1n) is 10.3. The van der Waals surface area contributed by atoms with Crippen LogP contribution in [0.3, 0.4) is 0 Å². The number of hydrogen-bond donors (Lipinski definition) is 1. The van der Waals surface area contributed by atoms with E-state index >= 15 is 0 Å². The van der Waals surface area contributed by atoms with Gasteiger partial charge in [0.25, 0.3) is 5.91 Å². The van der Waals surface area contributed by atoms with E-state index in [0.717, 1.165) is 17.2 Å². The van der Waals surface area contributed by atoms with E-state index < -0.39 is 42.6 Å². The lowest BCUT2D eigenvalue weighted by Crippen LogP contribution is -2.33.